The van der Waals surface area contributed by atoms with E-state index in [9.17, 15) is 0 Å². The van der Waals surface area contributed by atoms with E-state index in [0.29, 0.717) is 0 Å². The molecule has 0 bridgehead atoms. The Balaban J connectivity index is 0.926. The van der Waals surface area contributed by atoms with Crippen LogP contribution in [-0.4, -0.2) is 19.9 Å². The Hall–Kier alpha value is -8.80. The normalized spacial score (nSPS) is 11.7. The summed E-state index contributed by atoms with van der Waals surface area (Å²) in [5.41, 5.74) is 13.0. The van der Waals surface area contributed by atoms with E-state index in [0.717, 1.165) is 83.2 Å². The Kier molecular flexibility index (Phi) is 8.46. The maximum absolute atomic E-state index is 5.15. The van der Waals surface area contributed by atoms with Crippen LogP contribution >= 0.6 is 0 Å². The Bertz CT molecular complexity index is 3850. The molecule has 0 radical (unpaired) electrons. The average Bonchev–Trinajstić information content (AvgIpc) is 3.38. The van der Waals surface area contributed by atoms with E-state index in [-0.39, 0.29) is 0 Å². The first kappa shape index (κ1) is 36.8. The van der Waals surface area contributed by atoms with Crippen molar-refractivity contribution in [2.45, 2.75) is 0 Å². The summed E-state index contributed by atoms with van der Waals surface area (Å²) in [4.78, 5) is 22.3. The Morgan fingerprint density at radius 3 is 1.31 bits per heavy atom. The highest BCUT2D eigenvalue weighted by Crippen LogP contribution is 2.41. The summed E-state index contributed by atoms with van der Waals surface area (Å²) in [6.45, 7) is 0. The molecule has 0 aliphatic rings. The minimum Gasteiger partial charge on any atom is -0.310 e. The van der Waals surface area contributed by atoms with Crippen LogP contribution in [0.5, 0.6) is 0 Å². The first-order valence-corrected chi connectivity index (χ1v) is 21.9. The molecule has 13 aromatic rings. The fourth-order valence-corrected chi connectivity index (χ4v) is 9.70. The third-order valence-electron chi connectivity index (χ3n) is 12.9. The third-order valence-corrected chi connectivity index (χ3v) is 12.9. The van der Waals surface area contributed by atoms with E-state index >= 15 is 0 Å². The molecule has 4 aromatic heterocycles. The second kappa shape index (κ2) is 14.9. The molecule has 0 unspecified atom stereocenters. The zero-order chi connectivity index (χ0) is 42.8. The van der Waals surface area contributed by atoms with Gasteiger partial charge in [0.2, 0.25) is 0 Å². The van der Waals surface area contributed by atoms with Crippen molar-refractivity contribution in [3.05, 3.63) is 225 Å². The molecule has 0 saturated carbocycles. The topological polar surface area (TPSA) is 54.8 Å². The van der Waals surface area contributed by atoms with Gasteiger partial charge in [0.05, 0.1) is 33.5 Å². The molecule has 0 N–H and O–H groups in total. The van der Waals surface area contributed by atoms with Crippen molar-refractivity contribution >= 4 is 93.0 Å². The lowest BCUT2D eigenvalue weighted by molar-refractivity contribution is 1.28. The zero-order valence-corrected chi connectivity index (χ0v) is 35.1. The Morgan fingerprint density at radius 2 is 0.708 bits per heavy atom. The van der Waals surface area contributed by atoms with Gasteiger partial charge in [-0.1, -0.05) is 140 Å². The van der Waals surface area contributed by atoms with Gasteiger partial charge in [-0.05, 0) is 116 Å². The molecule has 4 heterocycles. The Labute approximate surface area is 374 Å². The lowest BCUT2D eigenvalue weighted by Crippen LogP contribution is -2.10. The van der Waals surface area contributed by atoms with Gasteiger partial charge >= 0.3 is 0 Å². The molecular weight excluding hydrogens is 791 g/mol. The van der Waals surface area contributed by atoms with E-state index in [1.807, 2.05) is 36.7 Å². The van der Waals surface area contributed by atoms with E-state index in [2.05, 4.69) is 193 Å². The number of fused-ring (bicyclic) bond motifs is 10. The van der Waals surface area contributed by atoms with Crippen molar-refractivity contribution in [3.8, 4) is 33.6 Å². The first-order valence-electron chi connectivity index (χ1n) is 21.9. The van der Waals surface area contributed by atoms with Crippen LogP contribution in [0.1, 0.15) is 0 Å². The summed E-state index contributed by atoms with van der Waals surface area (Å²) in [5, 5.41) is 11.7. The van der Waals surface area contributed by atoms with Crippen LogP contribution < -0.4 is 4.90 Å². The van der Waals surface area contributed by atoms with Gasteiger partial charge in [-0.2, -0.15) is 0 Å². The van der Waals surface area contributed by atoms with Crippen molar-refractivity contribution in [3.63, 3.8) is 0 Å². The number of aromatic nitrogens is 4. The summed E-state index contributed by atoms with van der Waals surface area (Å²) in [6, 6.07) is 75.7. The summed E-state index contributed by atoms with van der Waals surface area (Å²) in [7, 11) is 0. The van der Waals surface area contributed by atoms with E-state index in [4.69, 9.17) is 19.9 Å². The molecular formula is C60H37N5. The molecule has 0 spiro atoms. The molecule has 5 nitrogen and oxygen atoms in total. The lowest BCUT2D eigenvalue weighted by atomic mass is 9.96. The maximum Gasteiger partial charge on any atom is 0.0972 e. The van der Waals surface area contributed by atoms with Crippen LogP contribution in [0, 0.1) is 0 Å². The van der Waals surface area contributed by atoms with Crippen LogP contribution in [0.4, 0.5) is 17.1 Å². The quantitative estimate of drug-likeness (QED) is 0.156. The van der Waals surface area contributed by atoms with E-state index in [1.165, 1.54) is 43.4 Å². The fraction of sp³-hybridized carbons (Fsp3) is 0. The predicted molar refractivity (Wildman–Crippen MR) is 271 cm³/mol. The van der Waals surface area contributed by atoms with Gasteiger partial charge < -0.3 is 4.90 Å². The Morgan fingerprint density at radius 1 is 0.277 bits per heavy atom. The van der Waals surface area contributed by atoms with Crippen LogP contribution in [0.15, 0.2) is 225 Å². The number of nitrogens with zero attached hydrogens (tertiary/aromatic N) is 5. The molecule has 5 heteroatoms. The second-order valence-electron chi connectivity index (χ2n) is 16.7. The first-order chi connectivity index (χ1) is 32.2. The highest BCUT2D eigenvalue weighted by molar-refractivity contribution is 6.12. The monoisotopic (exact) mass is 827 g/mol. The van der Waals surface area contributed by atoms with Gasteiger partial charge in [-0.25, -0.2) is 9.97 Å². The smallest absolute Gasteiger partial charge is 0.0972 e. The minimum atomic E-state index is 0.867. The number of pyridine rings is 4. The largest absolute Gasteiger partial charge is 0.310 e. The van der Waals surface area contributed by atoms with Gasteiger partial charge in [0.1, 0.15) is 0 Å². The van der Waals surface area contributed by atoms with Gasteiger partial charge in [0.25, 0.3) is 0 Å². The minimum absolute atomic E-state index is 0.867. The molecule has 0 aliphatic heterocycles. The van der Waals surface area contributed by atoms with Gasteiger partial charge in [0, 0.05) is 62.1 Å². The molecule has 0 amide bonds. The number of para-hydroxylation sites is 2. The van der Waals surface area contributed by atoms with Gasteiger partial charge in [0.15, 0.2) is 0 Å². The summed E-state index contributed by atoms with van der Waals surface area (Å²) in [6.07, 6.45) is 3.70. The molecule has 65 heavy (non-hydrogen) atoms. The lowest BCUT2D eigenvalue weighted by Gasteiger charge is -2.26. The van der Waals surface area contributed by atoms with E-state index in [1.54, 1.807) is 0 Å². The van der Waals surface area contributed by atoms with Crippen molar-refractivity contribution in [2.75, 3.05) is 4.90 Å². The number of benzene rings is 9. The molecule has 302 valence electrons. The number of hydrogen-bond acceptors (Lipinski definition) is 5. The summed E-state index contributed by atoms with van der Waals surface area (Å²) >= 11 is 0. The van der Waals surface area contributed by atoms with Crippen molar-refractivity contribution in [1.29, 1.82) is 0 Å². The standard InChI is InChI=1S/C60H37N5/c1-2-10-41-35-42(18-17-38(41)9-1)43-25-31-49-44(36-43)19-20-45-37-48(30-32-50(45)49)65(46-26-21-39(22-27-46)57-59-53(13-7-33-61-59)51-11-3-5-15-55(51)63-57)47-28-23-40(24-29-47)58-60-54(14-8-34-62-60)52-12-4-6-16-56(52)64-58/h1-37H. The van der Waals surface area contributed by atoms with Crippen molar-refractivity contribution < 1.29 is 0 Å². The van der Waals surface area contributed by atoms with Gasteiger partial charge in [-0.15, -0.1) is 0 Å². The van der Waals surface area contributed by atoms with E-state index < -0.39 is 0 Å². The molecule has 0 saturated heterocycles. The van der Waals surface area contributed by atoms with Crippen molar-refractivity contribution in [2.24, 2.45) is 0 Å². The number of rotatable bonds is 6. The molecule has 0 fully saturated rings. The van der Waals surface area contributed by atoms with Gasteiger partial charge in [-0.3, -0.25) is 9.97 Å². The number of anilines is 3. The maximum atomic E-state index is 5.15. The summed E-state index contributed by atoms with van der Waals surface area (Å²) in [5.74, 6) is 0. The zero-order valence-electron chi connectivity index (χ0n) is 35.1. The molecule has 13 rings (SSSR count). The van der Waals surface area contributed by atoms with Crippen LogP contribution in [0.2, 0.25) is 0 Å². The highest BCUT2D eigenvalue weighted by atomic mass is 15.1. The fourth-order valence-electron chi connectivity index (χ4n) is 9.70. The predicted octanol–water partition coefficient (Wildman–Crippen LogP) is 15.8. The third kappa shape index (κ3) is 6.24. The number of hydrogen-bond donors (Lipinski definition) is 0. The molecule has 0 atom stereocenters. The van der Waals surface area contributed by atoms with Crippen LogP contribution in [0.25, 0.3) is 110 Å². The molecule has 9 aromatic carbocycles. The highest BCUT2D eigenvalue weighted by Gasteiger charge is 2.18. The summed E-state index contributed by atoms with van der Waals surface area (Å²) < 4.78 is 0. The average molecular weight is 828 g/mol. The van der Waals surface area contributed by atoms with Crippen LogP contribution in [-0.2, 0) is 0 Å². The second-order valence-corrected chi connectivity index (χ2v) is 16.7. The van der Waals surface area contributed by atoms with Crippen LogP contribution in [0.3, 0.4) is 0 Å². The molecule has 0 aliphatic carbocycles. The van der Waals surface area contributed by atoms with Crippen molar-refractivity contribution in [1.82, 2.24) is 19.9 Å². The SMILES string of the molecule is c1ccc2cc(-c3ccc4c(ccc5cc(N(c6ccc(-c7nc8ccccc8c8cccnc78)cc6)c6ccc(-c7nc8ccccc8c8cccnc78)cc6)ccc54)c3)ccc2c1.